The summed E-state index contributed by atoms with van der Waals surface area (Å²) in [6, 6.07) is 29.9. The summed E-state index contributed by atoms with van der Waals surface area (Å²) < 4.78 is 11.4. The minimum absolute atomic E-state index is 0.207. The van der Waals surface area contributed by atoms with E-state index in [1.165, 1.54) is 0 Å². The number of nitriles is 1. The first kappa shape index (κ1) is 21.0. The first-order valence-corrected chi connectivity index (χ1v) is 10.7. The third-order valence-electron chi connectivity index (χ3n) is 5.27. The van der Waals surface area contributed by atoms with Crippen LogP contribution in [0.3, 0.4) is 0 Å². The second-order valence-electron chi connectivity index (χ2n) is 7.62. The van der Waals surface area contributed by atoms with Crippen LogP contribution >= 0.6 is 0 Å². The number of aromatic amines is 1. The predicted octanol–water partition coefficient (Wildman–Crippen LogP) is 6.24. The molecular formula is C28H19N3O3. The molecule has 164 valence electrons. The second-order valence-corrected chi connectivity index (χ2v) is 7.62. The van der Waals surface area contributed by atoms with Crippen molar-refractivity contribution in [2.75, 3.05) is 0 Å². The molecule has 0 bridgehead atoms. The number of H-pyrrole nitrogens is 1. The molecule has 2 heterocycles. The van der Waals surface area contributed by atoms with Crippen LogP contribution in [0.4, 0.5) is 0 Å². The van der Waals surface area contributed by atoms with Crippen molar-refractivity contribution in [3.05, 3.63) is 114 Å². The topological polar surface area (TPSA) is 91.9 Å². The van der Waals surface area contributed by atoms with E-state index in [1.807, 2.05) is 60.7 Å². The molecule has 0 radical (unpaired) electrons. The molecule has 0 aliphatic heterocycles. The zero-order chi connectivity index (χ0) is 23.3. The molecule has 0 aliphatic carbocycles. The van der Waals surface area contributed by atoms with Gasteiger partial charge < -0.3 is 14.1 Å². The van der Waals surface area contributed by atoms with Crippen LogP contribution in [-0.4, -0.2) is 15.9 Å². The molecule has 0 saturated carbocycles. The lowest BCUT2D eigenvalue weighted by Gasteiger charge is -2.06. The molecule has 5 aromatic rings. The van der Waals surface area contributed by atoms with Crippen LogP contribution in [0.1, 0.15) is 27.5 Å². The third-order valence-corrected chi connectivity index (χ3v) is 5.27. The zero-order valence-corrected chi connectivity index (χ0v) is 18.1. The molecule has 34 heavy (non-hydrogen) atoms. The molecule has 0 fully saturated rings. The van der Waals surface area contributed by atoms with Crippen LogP contribution < -0.4 is 0 Å². The van der Waals surface area contributed by atoms with Crippen molar-refractivity contribution in [3.63, 3.8) is 0 Å². The van der Waals surface area contributed by atoms with Gasteiger partial charge in [0, 0.05) is 11.6 Å². The number of furan rings is 1. The van der Waals surface area contributed by atoms with E-state index in [1.54, 1.807) is 36.4 Å². The Balaban J connectivity index is 1.35. The van der Waals surface area contributed by atoms with E-state index in [9.17, 15) is 10.1 Å². The molecular weight excluding hydrogens is 426 g/mol. The quantitative estimate of drug-likeness (QED) is 0.247. The van der Waals surface area contributed by atoms with Crippen molar-refractivity contribution >= 4 is 28.7 Å². The largest absolute Gasteiger partial charge is 0.457 e. The fourth-order valence-corrected chi connectivity index (χ4v) is 3.57. The summed E-state index contributed by atoms with van der Waals surface area (Å²) in [5.74, 6) is 1.15. The number of nitrogens with zero attached hydrogens (tertiary/aromatic N) is 2. The number of nitrogens with one attached hydrogen (secondary N) is 1. The molecule has 3 aromatic carbocycles. The van der Waals surface area contributed by atoms with Crippen LogP contribution in [0.25, 0.3) is 34.0 Å². The molecule has 5 rings (SSSR count). The molecule has 6 heteroatoms. The van der Waals surface area contributed by atoms with Gasteiger partial charge in [-0.15, -0.1) is 0 Å². The van der Waals surface area contributed by atoms with Crippen LogP contribution in [-0.2, 0) is 11.3 Å². The Morgan fingerprint density at radius 3 is 2.65 bits per heavy atom. The summed E-state index contributed by atoms with van der Waals surface area (Å²) in [6.45, 7) is 0.207. The Morgan fingerprint density at radius 2 is 1.82 bits per heavy atom. The number of benzene rings is 3. The van der Waals surface area contributed by atoms with Crippen molar-refractivity contribution < 1.29 is 13.9 Å². The molecule has 0 spiro atoms. The highest BCUT2D eigenvalue weighted by molar-refractivity contribution is 5.91. The van der Waals surface area contributed by atoms with Gasteiger partial charge in [-0.2, -0.15) is 5.26 Å². The minimum atomic E-state index is -0.408. The number of carbonyl (C=O) groups is 1. The van der Waals surface area contributed by atoms with Gasteiger partial charge in [0.05, 0.1) is 22.2 Å². The monoisotopic (exact) mass is 445 g/mol. The maximum absolute atomic E-state index is 12.5. The highest BCUT2D eigenvalue weighted by atomic mass is 16.5. The molecule has 1 N–H and O–H groups in total. The van der Waals surface area contributed by atoms with Crippen molar-refractivity contribution in [2.45, 2.75) is 6.61 Å². The molecule has 0 saturated heterocycles. The average molecular weight is 445 g/mol. The van der Waals surface area contributed by atoms with Gasteiger partial charge in [-0.05, 0) is 42.0 Å². The van der Waals surface area contributed by atoms with E-state index in [0.29, 0.717) is 28.5 Å². The highest BCUT2D eigenvalue weighted by Crippen LogP contribution is 2.26. The summed E-state index contributed by atoms with van der Waals surface area (Å²) in [5.41, 5.74) is 4.09. The van der Waals surface area contributed by atoms with Gasteiger partial charge in [0.15, 0.2) is 0 Å². The Labute approximate surface area is 195 Å². The van der Waals surface area contributed by atoms with E-state index in [-0.39, 0.29) is 6.61 Å². The van der Waals surface area contributed by atoms with Gasteiger partial charge in [-0.3, -0.25) is 0 Å². The third kappa shape index (κ3) is 4.50. The fourth-order valence-electron chi connectivity index (χ4n) is 3.57. The Bertz CT molecular complexity index is 1500. The summed E-state index contributed by atoms with van der Waals surface area (Å²) in [5, 5.41) is 9.65. The maximum Gasteiger partial charge on any atom is 0.338 e. The lowest BCUT2D eigenvalue weighted by molar-refractivity contribution is 0.0473. The molecule has 0 unspecified atom stereocenters. The van der Waals surface area contributed by atoms with Gasteiger partial charge in [0.25, 0.3) is 0 Å². The number of hydrogen-bond acceptors (Lipinski definition) is 5. The Hall–Kier alpha value is -4.89. The number of allylic oxidation sites excluding steroid dienone is 1. The van der Waals surface area contributed by atoms with Crippen LogP contribution in [0.2, 0.25) is 0 Å². The summed E-state index contributed by atoms with van der Waals surface area (Å²) >= 11 is 0. The normalized spacial score (nSPS) is 11.3. The van der Waals surface area contributed by atoms with Crippen molar-refractivity contribution in [3.8, 4) is 17.4 Å². The SMILES string of the molecule is N#CC(=Cc1ccc(-c2cccc(C(=O)OCc3ccccc3)c2)o1)c1nc2ccccc2[nH]1. The first-order valence-electron chi connectivity index (χ1n) is 10.7. The number of hydrogen-bond donors (Lipinski definition) is 1. The van der Waals surface area contributed by atoms with E-state index in [0.717, 1.165) is 22.2 Å². The van der Waals surface area contributed by atoms with Gasteiger partial charge in [0.2, 0.25) is 0 Å². The molecule has 0 amide bonds. The summed E-state index contributed by atoms with van der Waals surface area (Å²) in [4.78, 5) is 20.1. The highest BCUT2D eigenvalue weighted by Gasteiger charge is 2.12. The van der Waals surface area contributed by atoms with Crippen LogP contribution in [0, 0.1) is 11.3 Å². The van der Waals surface area contributed by atoms with Crippen molar-refractivity contribution in [2.24, 2.45) is 0 Å². The zero-order valence-electron chi connectivity index (χ0n) is 18.1. The van der Waals surface area contributed by atoms with E-state index < -0.39 is 5.97 Å². The average Bonchev–Trinajstić information content (AvgIpc) is 3.53. The number of ether oxygens (including phenoxy) is 1. The fraction of sp³-hybridized carbons (Fsp3) is 0.0357. The van der Waals surface area contributed by atoms with E-state index in [2.05, 4.69) is 16.0 Å². The van der Waals surface area contributed by atoms with Gasteiger partial charge >= 0.3 is 5.97 Å². The Kier molecular flexibility index (Phi) is 5.74. The lowest BCUT2D eigenvalue weighted by atomic mass is 10.1. The van der Waals surface area contributed by atoms with Crippen LogP contribution in [0.15, 0.2) is 95.4 Å². The number of aromatic nitrogens is 2. The standard InChI is InChI=1S/C28H19N3O3/c29-17-22(27-30-24-11-4-5-12-25(24)31-27)16-23-13-14-26(34-23)20-9-6-10-21(15-20)28(32)33-18-19-7-2-1-3-8-19/h1-16H,18H2,(H,30,31). The van der Waals surface area contributed by atoms with Crippen LogP contribution in [0.5, 0.6) is 0 Å². The minimum Gasteiger partial charge on any atom is -0.457 e. The number of imidazole rings is 1. The molecule has 0 atom stereocenters. The van der Waals surface area contributed by atoms with Gasteiger partial charge in [-0.25, -0.2) is 9.78 Å². The number of esters is 1. The smallest absolute Gasteiger partial charge is 0.338 e. The van der Waals surface area contributed by atoms with Gasteiger partial charge in [0.1, 0.15) is 30.0 Å². The maximum atomic E-state index is 12.5. The summed E-state index contributed by atoms with van der Waals surface area (Å²) in [7, 11) is 0. The van der Waals surface area contributed by atoms with E-state index >= 15 is 0 Å². The van der Waals surface area contributed by atoms with Crippen molar-refractivity contribution in [1.82, 2.24) is 9.97 Å². The number of fused-ring (bicyclic) bond motifs is 1. The lowest BCUT2D eigenvalue weighted by Crippen LogP contribution is -2.05. The molecule has 6 nitrogen and oxygen atoms in total. The van der Waals surface area contributed by atoms with Gasteiger partial charge in [-0.1, -0.05) is 54.6 Å². The number of rotatable bonds is 6. The molecule has 2 aromatic heterocycles. The first-order chi connectivity index (χ1) is 16.7. The predicted molar refractivity (Wildman–Crippen MR) is 129 cm³/mol. The number of carbonyl (C=O) groups excluding carboxylic acids is 1. The van der Waals surface area contributed by atoms with Crippen molar-refractivity contribution in [1.29, 1.82) is 5.26 Å². The molecule has 0 aliphatic rings. The number of para-hydroxylation sites is 2. The second kappa shape index (κ2) is 9.31. The summed E-state index contributed by atoms with van der Waals surface area (Å²) in [6.07, 6.45) is 1.64. The van der Waals surface area contributed by atoms with E-state index in [4.69, 9.17) is 9.15 Å². The Morgan fingerprint density at radius 1 is 1.00 bits per heavy atom.